The molecule has 1 fully saturated rings. The molecule has 116 valence electrons. The molecule has 0 aliphatic carbocycles. The quantitative estimate of drug-likeness (QED) is 0.670. The average molecular weight is 313 g/mol. The number of hydrogen-bond donors (Lipinski definition) is 1. The lowest BCUT2D eigenvalue weighted by Gasteiger charge is -2.36. The highest BCUT2D eigenvalue weighted by Gasteiger charge is 2.34. The second-order valence-corrected chi connectivity index (χ2v) is 7.33. The molecule has 1 aliphatic rings. The van der Waals surface area contributed by atoms with Gasteiger partial charge in [-0.15, -0.1) is 0 Å². The number of nitrogens with zero attached hydrogens (tertiary/aromatic N) is 2. The first-order valence-electron chi connectivity index (χ1n) is 6.73. The second-order valence-electron chi connectivity index (χ2n) is 5.44. The number of nitro groups is 1. The predicted octanol–water partition coefficient (Wildman–Crippen LogP) is 1.27. The third-order valence-electron chi connectivity index (χ3n) is 3.69. The fourth-order valence-corrected chi connectivity index (χ4v) is 4.14. The summed E-state index contributed by atoms with van der Waals surface area (Å²) in [7, 11) is -3.73. The van der Waals surface area contributed by atoms with Crippen LogP contribution in [-0.2, 0) is 10.0 Å². The van der Waals surface area contributed by atoms with Gasteiger partial charge in [0.2, 0.25) is 10.0 Å². The van der Waals surface area contributed by atoms with E-state index in [9.17, 15) is 18.5 Å². The summed E-state index contributed by atoms with van der Waals surface area (Å²) >= 11 is 0. The molecule has 0 aromatic heterocycles. The van der Waals surface area contributed by atoms with Gasteiger partial charge < -0.3 is 5.32 Å². The molecule has 0 radical (unpaired) electrons. The van der Waals surface area contributed by atoms with Gasteiger partial charge in [0.25, 0.3) is 5.69 Å². The Balaban J connectivity index is 2.44. The van der Waals surface area contributed by atoms with Crippen LogP contribution in [0, 0.1) is 17.0 Å². The summed E-state index contributed by atoms with van der Waals surface area (Å²) < 4.78 is 26.8. The molecule has 1 aromatic rings. The van der Waals surface area contributed by atoms with Crippen LogP contribution in [0.4, 0.5) is 5.69 Å². The molecule has 2 unspecified atom stereocenters. The molecule has 1 aliphatic heterocycles. The van der Waals surface area contributed by atoms with Crippen LogP contribution in [0.2, 0.25) is 0 Å². The zero-order chi connectivity index (χ0) is 15.8. The van der Waals surface area contributed by atoms with E-state index in [-0.39, 0.29) is 22.7 Å². The minimum Gasteiger partial charge on any atom is -0.311 e. The van der Waals surface area contributed by atoms with Crippen LogP contribution in [0.3, 0.4) is 0 Å². The SMILES string of the molecule is Cc1ccc(S(=O)(=O)N2CC(C)NCC2C)cc1[N+](=O)[O-]. The highest BCUT2D eigenvalue weighted by molar-refractivity contribution is 7.89. The standard InChI is InChI=1S/C13H19N3O4S/c1-9-4-5-12(6-13(9)16(17)18)21(19,20)15-8-10(2)14-7-11(15)3/h4-6,10-11,14H,7-8H2,1-3H3. The Labute approximate surface area is 124 Å². The van der Waals surface area contributed by atoms with Crippen LogP contribution < -0.4 is 5.32 Å². The van der Waals surface area contributed by atoms with E-state index in [4.69, 9.17) is 0 Å². The summed E-state index contributed by atoms with van der Waals surface area (Å²) in [4.78, 5) is 10.4. The monoisotopic (exact) mass is 313 g/mol. The molecule has 8 heteroatoms. The van der Waals surface area contributed by atoms with Crippen molar-refractivity contribution in [1.29, 1.82) is 0 Å². The lowest BCUT2D eigenvalue weighted by atomic mass is 10.2. The number of rotatable bonds is 3. The van der Waals surface area contributed by atoms with E-state index in [1.807, 2.05) is 13.8 Å². The van der Waals surface area contributed by atoms with Crippen molar-refractivity contribution in [3.63, 3.8) is 0 Å². The Morgan fingerprint density at radius 1 is 1.38 bits per heavy atom. The number of aryl methyl sites for hydroxylation is 1. The topological polar surface area (TPSA) is 92.6 Å². The molecule has 0 amide bonds. The molecule has 1 aromatic carbocycles. The summed E-state index contributed by atoms with van der Waals surface area (Å²) in [6.45, 7) is 6.23. The highest BCUT2D eigenvalue weighted by Crippen LogP contribution is 2.26. The molecule has 1 saturated heterocycles. The fourth-order valence-electron chi connectivity index (χ4n) is 2.40. The predicted molar refractivity (Wildman–Crippen MR) is 78.7 cm³/mol. The van der Waals surface area contributed by atoms with Gasteiger partial charge in [0.05, 0.1) is 9.82 Å². The smallest absolute Gasteiger partial charge is 0.273 e. The number of sulfonamides is 1. The zero-order valence-corrected chi connectivity index (χ0v) is 13.1. The average Bonchev–Trinajstić information content (AvgIpc) is 2.41. The lowest BCUT2D eigenvalue weighted by Crippen LogP contribution is -2.56. The first kappa shape index (κ1) is 15.9. The molecule has 0 saturated carbocycles. The molecular formula is C13H19N3O4S. The van der Waals surface area contributed by atoms with Crippen LogP contribution in [-0.4, -0.2) is 42.8 Å². The van der Waals surface area contributed by atoms with Crippen molar-refractivity contribution in [2.24, 2.45) is 0 Å². The molecule has 0 bridgehead atoms. The molecule has 21 heavy (non-hydrogen) atoms. The van der Waals surface area contributed by atoms with E-state index in [0.717, 1.165) is 6.07 Å². The van der Waals surface area contributed by atoms with Gasteiger partial charge >= 0.3 is 0 Å². The van der Waals surface area contributed by atoms with Crippen molar-refractivity contribution in [2.75, 3.05) is 13.1 Å². The van der Waals surface area contributed by atoms with E-state index >= 15 is 0 Å². The van der Waals surface area contributed by atoms with Crippen molar-refractivity contribution < 1.29 is 13.3 Å². The summed E-state index contributed by atoms with van der Waals surface area (Å²) in [5.41, 5.74) is 0.271. The second kappa shape index (κ2) is 5.70. The van der Waals surface area contributed by atoms with Crippen molar-refractivity contribution in [1.82, 2.24) is 9.62 Å². The van der Waals surface area contributed by atoms with Crippen LogP contribution in [0.5, 0.6) is 0 Å². The van der Waals surface area contributed by atoms with Gasteiger partial charge in [0, 0.05) is 36.8 Å². The van der Waals surface area contributed by atoms with Gasteiger partial charge in [-0.05, 0) is 26.8 Å². The van der Waals surface area contributed by atoms with E-state index in [1.54, 1.807) is 6.92 Å². The largest absolute Gasteiger partial charge is 0.311 e. The Kier molecular flexibility index (Phi) is 4.31. The van der Waals surface area contributed by atoms with Gasteiger partial charge in [-0.3, -0.25) is 10.1 Å². The Hall–Kier alpha value is -1.51. The van der Waals surface area contributed by atoms with Gasteiger partial charge in [0.1, 0.15) is 0 Å². The van der Waals surface area contributed by atoms with Crippen molar-refractivity contribution >= 4 is 15.7 Å². The Morgan fingerprint density at radius 2 is 2.05 bits per heavy atom. The van der Waals surface area contributed by atoms with Crippen LogP contribution in [0.15, 0.2) is 23.1 Å². The molecule has 1 N–H and O–H groups in total. The minimum absolute atomic E-state index is 0.0271. The molecule has 2 rings (SSSR count). The van der Waals surface area contributed by atoms with E-state index in [1.165, 1.54) is 16.4 Å². The summed E-state index contributed by atoms with van der Waals surface area (Å²) in [5.74, 6) is 0. The van der Waals surface area contributed by atoms with Crippen molar-refractivity contribution in [3.05, 3.63) is 33.9 Å². The molecule has 2 atom stereocenters. The van der Waals surface area contributed by atoms with Gasteiger partial charge in [0.15, 0.2) is 0 Å². The fraction of sp³-hybridized carbons (Fsp3) is 0.538. The third-order valence-corrected chi connectivity index (χ3v) is 5.67. The van der Waals surface area contributed by atoms with E-state index in [0.29, 0.717) is 18.7 Å². The Morgan fingerprint density at radius 3 is 2.67 bits per heavy atom. The van der Waals surface area contributed by atoms with E-state index in [2.05, 4.69) is 5.32 Å². The summed E-state index contributed by atoms with van der Waals surface area (Å²) in [6.07, 6.45) is 0. The summed E-state index contributed by atoms with van der Waals surface area (Å²) in [6, 6.07) is 3.91. The van der Waals surface area contributed by atoms with E-state index < -0.39 is 14.9 Å². The first-order valence-corrected chi connectivity index (χ1v) is 8.17. The maximum absolute atomic E-state index is 12.7. The van der Waals surface area contributed by atoms with Crippen LogP contribution >= 0.6 is 0 Å². The van der Waals surface area contributed by atoms with Crippen molar-refractivity contribution in [3.8, 4) is 0 Å². The van der Waals surface area contributed by atoms with Crippen molar-refractivity contribution in [2.45, 2.75) is 37.8 Å². The maximum Gasteiger partial charge on any atom is 0.273 e. The molecule has 7 nitrogen and oxygen atoms in total. The molecule has 0 spiro atoms. The van der Waals surface area contributed by atoms with Crippen LogP contribution in [0.25, 0.3) is 0 Å². The minimum atomic E-state index is -3.73. The van der Waals surface area contributed by atoms with Gasteiger partial charge in [-0.1, -0.05) is 6.07 Å². The lowest BCUT2D eigenvalue weighted by molar-refractivity contribution is -0.385. The first-order chi connectivity index (χ1) is 9.73. The summed E-state index contributed by atoms with van der Waals surface area (Å²) in [5, 5.41) is 14.2. The van der Waals surface area contributed by atoms with Gasteiger partial charge in [-0.2, -0.15) is 4.31 Å². The number of piperazine rings is 1. The number of nitrogens with one attached hydrogen (secondary N) is 1. The highest BCUT2D eigenvalue weighted by atomic mass is 32.2. The Bertz CT molecular complexity index is 659. The third kappa shape index (κ3) is 3.07. The van der Waals surface area contributed by atoms with Crippen LogP contribution in [0.1, 0.15) is 19.4 Å². The maximum atomic E-state index is 12.7. The number of hydrogen-bond acceptors (Lipinski definition) is 5. The number of benzene rings is 1. The molecule has 1 heterocycles. The van der Waals surface area contributed by atoms with Gasteiger partial charge in [-0.25, -0.2) is 8.42 Å². The molecular weight excluding hydrogens is 294 g/mol. The normalized spacial score (nSPS) is 24.0. The number of nitro benzene ring substituents is 1. The zero-order valence-electron chi connectivity index (χ0n) is 12.2.